The van der Waals surface area contributed by atoms with E-state index in [2.05, 4.69) is 28.5 Å². The molecule has 0 bridgehead atoms. The molecule has 0 aliphatic carbocycles. The first kappa shape index (κ1) is 20.8. The van der Waals surface area contributed by atoms with Gasteiger partial charge in [0.05, 0.1) is 27.0 Å². The normalized spacial score (nSPS) is 12.5. The lowest BCUT2D eigenvalue weighted by atomic mass is 10.00. The lowest BCUT2D eigenvalue weighted by Crippen LogP contribution is -2.30. The zero-order chi connectivity index (χ0) is 22.9. The molecule has 3 aromatic carbocycles. The summed E-state index contributed by atoms with van der Waals surface area (Å²) in [5.41, 5.74) is 6.01. The molecule has 7 heteroatoms. The second-order valence-corrected chi connectivity index (χ2v) is 7.93. The van der Waals surface area contributed by atoms with Crippen LogP contribution >= 0.6 is 0 Å². The molecule has 0 saturated carbocycles. The molecule has 1 aromatic heterocycles. The number of nitrogens with zero attached hydrogens (tertiary/aromatic N) is 1. The highest BCUT2D eigenvalue weighted by molar-refractivity contribution is 6.01. The van der Waals surface area contributed by atoms with E-state index in [1.165, 1.54) is 0 Å². The first-order chi connectivity index (χ1) is 16.1. The standard InChI is InChI=1S/C26H25N3O4/c1-31-23-11-18(12-24(32-2)25(23)33-3)16-8-9-17-14-29(15-19(17)10-16)26(30)28-22-13-27-21-7-5-4-6-20(21)22/h4-13,27H,14-15H2,1-3H3,(H,28,30). The Labute approximate surface area is 191 Å². The van der Waals surface area contributed by atoms with Crippen molar-refractivity contribution in [2.24, 2.45) is 0 Å². The quantitative estimate of drug-likeness (QED) is 0.433. The zero-order valence-corrected chi connectivity index (χ0v) is 18.8. The van der Waals surface area contributed by atoms with E-state index in [0.29, 0.717) is 30.3 Å². The minimum absolute atomic E-state index is 0.120. The number of H-pyrrole nitrogens is 1. The molecular formula is C26H25N3O4. The van der Waals surface area contributed by atoms with E-state index in [9.17, 15) is 4.79 Å². The summed E-state index contributed by atoms with van der Waals surface area (Å²) in [6.07, 6.45) is 1.83. The molecule has 2 N–H and O–H groups in total. The van der Waals surface area contributed by atoms with E-state index < -0.39 is 0 Å². The summed E-state index contributed by atoms with van der Waals surface area (Å²) in [5, 5.41) is 4.03. The van der Waals surface area contributed by atoms with Crippen LogP contribution in [-0.4, -0.2) is 37.2 Å². The molecule has 1 aliphatic heterocycles. The predicted octanol–water partition coefficient (Wildman–Crippen LogP) is 5.41. The summed E-state index contributed by atoms with van der Waals surface area (Å²) < 4.78 is 16.4. The molecule has 1 aliphatic rings. The van der Waals surface area contributed by atoms with Crippen LogP contribution in [0.5, 0.6) is 17.2 Å². The number of amides is 2. The van der Waals surface area contributed by atoms with Gasteiger partial charge in [-0.25, -0.2) is 4.79 Å². The van der Waals surface area contributed by atoms with Gasteiger partial charge in [0, 0.05) is 30.2 Å². The number of aromatic amines is 1. The number of hydrogen-bond donors (Lipinski definition) is 2. The number of ether oxygens (including phenoxy) is 3. The van der Waals surface area contributed by atoms with Crippen LogP contribution in [0.1, 0.15) is 11.1 Å². The Morgan fingerprint density at radius 3 is 2.33 bits per heavy atom. The molecule has 168 valence electrons. The van der Waals surface area contributed by atoms with E-state index in [1.54, 1.807) is 21.3 Å². The number of anilines is 1. The first-order valence-corrected chi connectivity index (χ1v) is 10.7. The van der Waals surface area contributed by atoms with Gasteiger partial charge in [-0.3, -0.25) is 0 Å². The third-order valence-electron chi connectivity index (χ3n) is 6.04. The second-order valence-electron chi connectivity index (χ2n) is 7.93. The topological polar surface area (TPSA) is 75.8 Å². The van der Waals surface area contributed by atoms with Gasteiger partial charge >= 0.3 is 6.03 Å². The number of hydrogen-bond acceptors (Lipinski definition) is 4. The van der Waals surface area contributed by atoms with Gasteiger partial charge in [0.15, 0.2) is 11.5 Å². The highest BCUT2D eigenvalue weighted by atomic mass is 16.5. The Kier molecular flexibility index (Phi) is 5.30. The number of methoxy groups -OCH3 is 3. The molecule has 2 amide bonds. The highest BCUT2D eigenvalue weighted by Crippen LogP contribution is 2.41. The summed E-state index contributed by atoms with van der Waals surface area (Å²) >= 11 is 0. The van der Waals surface area contributed by atoms with Gasteiger partial charge in [-0.05, 0) is 46.5 Å². The average Bonchev–Trinajstić information content (AvgIpc) is 3.47. The molecule has 0 spiro atoms. The van der Waals surface area contributed by atoms with Gasteiger partial charge in [-0.15, -0.1) is 0 Å². The van der Waals surface area contributed by atoms with Gasteiger partial charge < -0.3 is 29.4 Å². The van der Waals surface area contributed by atoms with Crippen LogP contribution in [0.4, 0.5) is 10.5 Å². The smallest absolute Gasteiger partial charge is 0.322 e. The van der Waals surface area contributed by atoms with Crippen molar-refractivity contribution < 1.29 is 19.0 Å². The molecule has 4 aromatic rings. The predicted molar refractivity (Wildman–Crippen MR) is 128 cm³/mol. The number of benzene rings is 3. The fraction of sp³-hybridized carbons (Fsp3) is 0.192. The van der Waals surface area contributed by atoms with Crippen molar-refractivity contribution >= 4 is 22.6 Å². The van der Waals surface area contributed by atoms with Crippen molar-refractivity contribution in [3.63, 3.8) is 0 Å². The van der Waals surface area contributed by atoms with Crippen molar-refractivity contribution in [2.45, 2.75) is 13.1 Å². The summed E-state index contributed by atoms with van der Waals surface area (Å²) in [6.45, 7) is 1.11. The van der Waals surface area contributed by atoms with Crippen LogP contribution in [0, 0.1) is 0 Å². The third-order valence-corrected chi connectivity index (χ3v) is 6.04. The first-order valence-electron chi connectivity index (χ1n) is 10.7. The Morgan fingerprint density at radius 1 is 0.879 bits per heavy atom. The molecule has 33 heavy (non-hydrogen) atoms. The average molecular weight is 444 g/mol. The number of urea groups is 1. The van der Waals surface area contributed by atoms with E-state index in [-0.39, 0.29) is 6.03 Å². The van der Waals surface area contributed by atoms with Crippen molar-refractivity contribution in [1.29, 1.82) is 0 Å². The number of fused-ring (bicyclic) bond motifs is 2. The van der Waals surface area contributed by atoms with Crippen molar-refractivity contribution in [2.75, 3.05) is 26.6 Å². The van der Waals surface area contributed by atoms with Crippen LogP contribution in [0.2, 0.25) is 0 Å². The molecule has 2 heterocycles. The summed E-state index contributed by atoms with van der Waals surface area (Å²) in [7, 11) is 4.80. The number of aromatic nitrogens is 1. The van der Waals surface area contributed by atoms with Crippen LogP contribution < -0.4 is 19.5 Å². The Morgan fingerprint density at radius 2 is 1.61 bits per heavy atom. The Balaban J connectivity index is 1.38. The SMILES string of the molecule is COc1cc(-c2ccc3c(c2)CN(C(=O)Nc2c[nH]c4ccccc24)C3)cc(OC)c1OC. The minimum Gasteiger partial charge on any atom is -0.493 e. The van der Waals surface area contributed by atoms with E-state index in [4.69, 9.17) is 14.2 Å². The van der Waals surface area contributed by atoms with Gasteiger partial charge in [0.2, 0.25) is 5.75 Å². The molecule has 7 nitrogen and oxygen atoms in total. The highest BCUT2D eigenvalue weighted by Gasteiger charge is 2.25. The number of nitrogens with one attached hydrogen (secondary N) is 2. The lowest BCUT2D eigenvalue weighted by molar-refractivity contribution is 0.212. The Bertz CT molecular complexity index is 1320. The van der Waals surface area contributed by atoms with Gasteiger partial charge in [-0.2, -0.15) is 0 Å². The van der Waals surface area contributed by atoms with Crippen molar-refractivity contribution in [3.8, 4) is 28.4 Å². The molecule has 0 atom stereocenters. The fourth-order valence-corrected chi connectivity index (χ4v) is 4.33. The van der Waals surface area contributed by atoms with Gasteiger partial charge in [-0.1, -0.05) is 30.3 Å². The van der Waals surface area contributed by atoms with Crippen LogP contribution in [0.3, 0.4) is 0 Å². The number of carbonyl (C=O) groups excluding carboxylic acids is 1. The summed E-state index contributed by atoms with van der Waals surface area (Å²) in [5.74, 6) is 1.77. The second kappa shape index (κ2) is 8.43. The molecule has 0 unspecified atom stereocenters. The number of para-hydroxylation sites is 1. The Hall–Kier alpha value is -4.13. The van der Waals surface area contributed by atoms with E-state index in [0.717, 1.165) is 38.8 Å². The lowest BCUT2D eigenvalue weighted by Gasteiger charge is -2.16. The minimum atomic E-state index is -0.120. The van der Waals surface area contributed by atoms with Crippen LogP contribution in [0.15, 0.2) is 60.8 Å². The van der Waals surface area contributed by atoms with Gasteiger partial charge in [0.1, 0.15) is 0 Å². The number of rotatable bonds is 5. The molecule has 5 rings (SSSR count). The van der Waals surface area contributed by atoms with Crippen molar-refractivity contribution in [1.82, 2.24) is 9.88 Å². The monoisotopic (exact) mass is 443 g/mol. The zero-order valence-electron chi connectivity index (χ0n) is 18.8. The van der Waals surface area contributed by atoms with E-state index in [1.807, 2.05) is 47.5 Å². The van der Waals surface area contributed by atoms with Gasteiger partial charge in [0.25, 0.3) is 0 Å². The third kappa shape index (κ3) is 3.71. The number of carbonyl (C=O) groups is 1. The maximum Gasteiger partial charge on any atom is 0.322 e. The van der Waals surface area contributed by atoms with E-state index >= 15 is 0 Å². The fourth-order valence-electron chi connectivity index (χ4n) is 4.33. The van der Waals surface area contributed by atoms with Crippen molar-refractivity contribution in [3.05, 3.63) is 71.9 Å². The maximum atomic E-state index is 13.0. The molecular weight excluding hydrogens is 418 g/mol. The molecule has 0 saturated heterocycles. The van der Waals surface area contributed by atoms with Crippen LogP contribution in [0.25, 0.3) is 22.0 Å². The molecule has 0 radical (unpaired) electrons. The van der Waals surface area contributed by atoms with Crippen LogP contribution in [-0.2, 0) is 13.1 Å². The molecule has 0 fully saturated rings. The summed E-state index contributed by atoms with van der Waals surface area (Å²) in [6, 6.07) is 17.9. The summed E-state index contributed by atoms with van der Waals surface area (Å²) in [4.78, 5) is 18.0. The maximum absolute atomic E-state index is 13.0. The largest absolute Gasteiger partial charge is 0.493 e.